The third-order valence-electron chi connectivity index (χ3n) is 4.06. The van der Waals surface area contributed by atoms with Crippen LogP contribution in [-0.4, -0.2) is 51.3 Å². The molecule has 2 saturated heterocycles. The van der Waals surface area contributed by atoms with Gasteiger partial charge in [-0.25, -0.2) is 0 Å². The van der Waals surface area contributed by atoms with Crippen LogP contribution in [0.1, 0.15) is 25.7 Å². The summed E-state index contributed by atoms with van der Waals surface area (Å²) in [6, 6.07) is 0. The van der Waals surface area contributed by atoms with Crippen molar-refractivity contribution in [3.63, 3.8) is 0 Å². The Labute approximate surface area is 112 Å². The van der Waals surface area contributed by atoms with Gasteiger partial charge in [0.2, 0.25) is 0 Å². The number of piperidine rings is 1. The lowest BCUT2D eigenvalue weighted by atomic mass is 9.94. The quantitative estimate of drug-likeness (QED) is 0.836. The van der Waals surface area contributed by atoms with Crippen LogP contribution in [0.25, 0.3) is 0 Å². The molecular formula is C13H27ClN2O. The Morgan fingerprint density at radius 2 is 1.71 bits per heavy atom. The topological polar surface area (TPSA) is 24.5 Å². The van der Waals surface area contributed by atoms with Gasteiger partial charge in [0.15, 0.2) is 0 Å². The van der Waals surface area contributed by atoms with Gasteiger partial charge in [0.25, 0.3) is 0 Å². The molecule has 0 amide bonds. The van der Waals surface area contributed by atoms with Crippen LogP contribution in [0, 0.1) is 11.8 Å². The highest BCUT2D eigenvalue weighted by atomic mass is 35.5. The number of hydrogen-bond donors (Lipinski definition) is 1. The molecule has 0 aliphatic carbocycles. The second-order valence-electron chi connectivity index (χ2n) is 5.36. The molecule has 1 N–H and O–H groups in total. The molecule has 0 aromatic carbocycles. The highest BCUT2D eigenvalue weighted by molar-refractivity contribution is 5.85. The van der Waals surface area contributed by atoms with E-state index >= 15 is 0 Å². The van der Waals surface area contributed by atoms with Crippen molar-refractivity contribution in [1.29, 1.82) is 0 Å². The zero-order chi connectivity index (χ0) is 11.2. The van der Waals surface area contributed by atoms with Gasteiger partial charge in [0, 0.05) is 19.8 Å². The zero-order valence-corrected chi connectivity index (χ0v) is 11.8. The first-order valence-electron chi connectivity index (χ1n) is 6.83. The molecule has 17 heavy (non-hydrogen) atoms. The molecule has 3 nitrogen and oxygen atoms in total. The highest BCUT2D eigenvalue weighted by Crippen LogP contribution is 2.21. The Balaban J connectivity index is 0.00000144. The van der Waals surface area contributed by atoms with E-state index in [0.717, 1.165) is 25.0 Å². The number of nitrogens with zero attached hydrogens (tertiary/aromatic N) is 1. The lowest BCUT2D eigenvalue weighted by Crippen LogP contribution is -2.40. The number of halogens is 1. The summed E-state index contributed by atoms with van der Waals surface area (Å²) in [5.41, 5.74) is 0. The summed E-state index contributed by atoms with van der Waals surface area (Å²) in [5, 5.41) is 3.30. The Bertz CT molecular complexity index is 190. The summed E-state index contributed by atoms with van der Waals surface area (Å²) in [6.07, 6.45) is 5.31. The maximum Gasteiger partial charge on any atom is 0.0469 e. The van der Waals surface area contributed by atoms with Crippen LogP contribution in [-0.2, 0) is 4.74 Å². The summed E-state index contributed by atoms with van der Waals surface area (Å²) in [7, 11) is 2.06. The van der Waals surface area contributed by atoms with Gasteiger partial charge in [-0.3, -0.25) is 0 Å². The van der Waals surface area contributed by atoms with Crippen LogP contribution in [0.5, 0.6) is 0 Å². The third kappa shape index (κ3) is 5.12. The maximum atomic E-state index is 5.41. The van der Waals surface area contributed by atoms with Gasteiger partial charge in [-0.15, -0.1) is 12.4 Å². The van der Waals surface area contributed by atoms with Crippen LogP contribution in [0.2, 0.25) is 0 Å². The molecule has 2 heterocycles. The van der Waals surface area contributed by atoms with E-state index in [-0.39, 0.29) is 12.4 Å². The number of hydrogen-bond acceptors (Lipinski definition) is 3. The maximum absolute atomic E-state index is 5.41. The summed E-state index contributed by atoms with van der Waals surface area (Å²) >= 11 is 0. The summed E-state index contributed by atoms with van der Waals surface area (Å²) in [4.78, 5) is 2.67. The Morgan fingerprint density at radius 1 is 1.06 bits per heavy atom. The van der Waals surface area contributed by atoms with Crippen LogP contribution < -0.4 is 5.32 Å². The van der Waals surface area contributed by atoms with Crippen molar-refractivity contribution in [1.82, 2.24) is 10.2 Å². The van der Waals surface area contributed by atoms with Crippen LogP contribution in [0.3, 0.4) is 0 Å². The van der Waals surface area contributed by atoms with Gasteiger partial charge >= 0.3 is 0 Å². The SMILES string of the molecule is CNCC1CCN(CC2CCOCC2)CC1.Cl. The first-order chi connectivity index (χ1) is 7.88. The van der Waals surface area contributed by atoms with Crippen molar-refractivity contribution in [3.8, 4) is 0 Å². The van der Waals surface area contributed by atoms with Crippen molar-refractivity contribution < 1.29 is 4.74 Å². The number of likely N-dealkylation sites (tertiary alicyclic amines) is 1. The minimum absolute atomic E-state index is 0. The van der Waals surface area contributed by atoms with Crippen LogP contribution >= 0.6 is 12.4 Å². The summed E-state index contributed by atoms with van der Waals surface area (Å²) in [6.45, 7) is 7.11. The molecule has 102 valence electrons. The molecule has 0 aromatic rings. The minimum atomic E-state index is 0. The predicted octanol–water partition coefficient (Wildman–Crippen LogP) is 1.77. The fourth-order valence-corrected chi connectivity index (χ4v) is 2.96. The molecule has 0 saturated carbocycles. The van der Waals surface area contributed by atoms with E-state index in [4.69, 9.17) is 4.74 Å². The minimum Gasteiger partial charge on any atom is -0.381 e. The van der Waals surface area contributed by atoms with Crippen molar-refractivity contribution in [3.05, 3.63) is 0 Å². The van der Waals surface area contributed by atoms with Crippen molar-refractivity contribution in [2.75, 3.05) is 46.4 Å². The van der Waals surface area contributed by atoms with E-state index in [2.05, 4.69) is 17.3 Å². The molecule has 0 bridgehead atoms. The lowest BCUT2D eigenvalue weighted by Gasteiger charge is -2.35. The molecule has 0 radical (unpaired) electrons. The first-order valence-corrected chi connectivity index (χ1v) is 6.83. The van der Waals surface area contributed by atoms with Gasteiger partial charge < -0.3 is 15.0 Å². The standard InChI is InChI=1S/C13H26N2O.ClH/c1-14-10-12-2-6-15(7-3-12)11-13-4-8-16-9-5-13;/h12-14H,2-11H2,1H3;1H. The summed E-state index contributed by atoms with van der Waals surface area (Å²) < 4.78 is 5.41. The highest BCUT2D eigenvalue weighted by Gasteiger charge is 2.22. The molecular weight excluding hydrogens is 236 g/mol. The molecule has 2 fully saturated rings. The fourth-order valence-electron chi connectivity index (χ4n) is 2.96. The fraction of sp³-hybridized carbons (Fsp3) is 1.00. The van der Waals surface area contributed by atoms with Gasteiger partial charge in [0.05, 0.1) is 0 Å². The van der Waals surface area contributed by atoms with Crippen LogP contribution in [0.4, 0.5) is 0 Å². The second-order valence-corrected chi connectivity index (χ2v) is 5.36. The Kier molecular flexibility index (Phi) is 7.44. The van der Waals surface area contributed by atoms with E-state index < -0.39 is 0 Å². The van der Waals surface area contributed by atoms with E-state index in [1.54, 1.807) is 0 Å². The molecule has 2 aliphatic rings. The monoisotopic (exact) mass is 262 g/mol. The Hall–Kier alpha value is 0.170. The normalized spacial score (nSPS) is 24.5. The van der Waals surface area contributed by atoms with Crippen LogP contribution in [0.15, 0.2) is 0 Å². The van der Waals surface area contributed by atoms with E-state index in [1.165, 1.54) is 51.9 Å². The number of nitrogens with one attached hydrogen (secondary N) is 1. The molecule has 2 aliphatic heterocycles. The third-order valence-corrected chi connectivity index (χ3v) is 4.06. The van der Waals surface area contributed by atoms with Gasteiger partial charge in [0.1, 0.15) is 0 Å². The van der Waals surface area contributed by atoms with E-state index in [9.17, 15) is 0 Å². The largest absolute Gasteiger partial charge is 0.381 e. The molecule has 4 heteroatoms. The van der Waals surface area contributed by atoms with Gasteiger partial charge in [-0.2, -0.15) is 0 Å². The summed E-state index contributed by atoms with van der Waals surface area (Å²) in [5.74, 6) is 1.81. The average molecular weight is 263 g/mol. The zero-order valence-electron chi connectivity index (χ0n) is 11.0. The van der Waals surface area contributed by atoms with E-state index in [1.807, 2.05) is 0 Å². The van der Waals surface area contributed by atoms with Crippen molar-refractivity contribution in [2.24, 2.45) is 11.8 Å². The number of rotatable bonds is 4. The second kappa shape index (κ2) is 8.30. The van der Waals surface area contributed by atoms with Gasteiger partial charge in [-0.05, 0) is 64.2 Å². The number of ether oxygens (including phenoxy) is 1. The molecule has 2 rings (SSSR count). The molecule has 0 unspecified atom stereocenters. The average Bonchev–Trinajstić information content (AvgIpc) is 2.33. The first kappa shape index (κ1) is 15.2. The van der Waals surface area contributed by atoms with Crippen molar-refractivity contribution in [2.45, 2.75) is 25.7 Å². The molecule has 0 spiro atoms. The van der Waals surface area contributed by atoms with E-state index in [0.29, 0.717) is 0 Å². The molecule has 0 atom stereocenters. The smallest absolute Gasteiger partial charge is 0.0469 e. The Morgan fingerprint density at radius 3 is 2.29 bits per heavy atom. The molecule has 0 aromatic heterocycles. The lowest BCUT2D eigenvalue weighted by molar-refractivity contribution is 0.0468. The predicted molar refractivity (Wildman–Crippen MR) is 73.9 cm³/mol. The van der Waals surface area contributed by atoms with Gasteiger partial charge in [-0.1, -0.05) is 0 Å². The van der Waals surface area contributed by atoms with Crippen molar-refractivity contribution >= 4 is 12.4 Å².